The molecular weight excluding hydrogens is 272 g/mol. The normalized spacial score (nSPS) is 40.0. The summed E-state index contributed by atoms with van der Waals surface area (Å²) in [5.74, 6) is 1.59. The van der Waals surface area contributed by atoms with Gasteiger partial charge in [-0.2, -0.15) is 0 Å². The lowest BCUT2D eigenvalue weighted by molar-refractivity contribution is -0.0213. The van der Waals surface area contributed by atoms with Gasteiger partial charge in [-0.1, -0.05) is 18.2 Å². The summed E-state index contributed by atoms with van der Waals surface area (Å²) in [6, 6.07) is 11.2. The Hall–Kier alpha value is -1.45. The van der Waals surface area contributed by atoms with Crippen LogP contribution in [0.25, 0.3) is 10.9 Å². The van der Waals surface area contributed by atoms with E-state index < -0.39 is 0 Å². The van der Waals surface area contributed by atoms with Crippen molar-refractivity contribution < 1.29 is 4.74 Å². The third kappa shape index (κ3) is 1.79. The molecule has 0 spiro atoms. The molecule has 6 atom stereocenters. The molecule has 6 heterocycles. The maximum Gasteiger partial charge on any atom is 0.0990 e. The number of hydrogen-bond donors (Lipinski definition) is 0. The highest BCUT2D eigenvalue weighted by atomic mass is 16.5. The van der Waals surface area contributed by atoms with Gasteiger partial charge in [-0.25, -0.2) is 0 Å². The number of nitrogens with zero attached hydrogens (tertiary/aromatic N) is 2. The van der Waals surface area contributed by atoms with Crippen LogP contribution in [0, 0.1) is 11.8 Å². The van der Waals surface area contributed by atoms with Crippen LogP contribution in [-0.4, -0.2) is 35.1 Å². The van der Waals surface area contributed by atoms with Gasteiger partial charge in [0.05, 0.1) is 17.7 Å². The van der Waals surface area contributed by atoms with E-state index in [1.54, 1.807) is 0 Å². The molecule has 5 saturated heterocycles. The van der Waals surface area contributed by atoms with Crippen molar-refractivity contribution in [2.75, 3.05) is 13.1 Å². The molecule has 5 aliphatic rings. The van der Waals surface area contributed by atoms with Crippen molar-refractivity contribution in [3.63, 3.8) is 0 Å². The average Bonchev–Trinajstić information content (AvgIpc) is 2.78. The predicted octanol–water partition coefficient (Wildman–Crippen LogP) is 3.41. The number of aromatic nitrogens is 1. The SMILES string of the molecule is C[C@H]1O[C@@H](c2ccnc3ccccc23)[C@H]2CC3CCN2CC31. The largest absolute Gasteiger partial charge is 0.369 e. The molecule has 22 heavy (non-hydrogen) atoms. The van der Waals surface area contributed by atoms with Crippen molar-refractivity contribution in [3.8, 4) is 0 Å². The van der Waals surface area contributed by atoms with Crippen molar-refractivity contribution in [3.05, 3.63) is 42.1 Å². The Balaban J connectivity index is 1.64. The van der Waals surface area contributed by atoms with E-state index >= 15 is 0 Å². The van der Waals surface area contributed by atoms with E-state index in [1.807, 2.05) is 6.20 Å². The zero-order chi connectivity index (χ0) is 14.7. The van der Waals surface area contributed by atoms with E-state index in [0.29, 0.717) is 12.1 Å². The summed E-state index contributed by atoms with van der Waals surface area (Å²) in [5, 5.41) is 1.25. The molecule has 5 aliphatic heterocycles. The second kappa shape index (κ2) is 4.77. The Labute approximate surface area is 131 Å². The van der Waals surface area contributed by atoms with Gasteiger partial charge >= 0.3 is 0 Å². The molecule has 4 bridgehead atoms. The van der Waals surface area contributed by atoms with E-state index in [2.05, 4.69) is 47.1 Å². The van der Waals surface area contributed by atoms with Gasteiger partial charge in [0, 0.05) is 30.1 Å². The molecule has 1 aromatic carbocycles. The molecule has 1 aromatic heterocycles. The number of piperidine rings is 3. The molecule has 0 radical (unpaired) electrons. The molecule has 0 amide bonds. The first kappa shape index (κ1) is 13.0. The van der Waals surface area contributed by atoms with Crippen LogP contribution in [-0.2, 0) is 4.74 Å². The van der Waals surface area contributed by atoms with Crippen LogP contribution in [0.5, 0.6) is 0 Å². The number of para-hydroxylation sites is 1. The second-order valence-electron chi connectivity index (χ2n) is 7.19. The van der Waals surface area contributed by atoms with Gasteiger partial charge in [0.2, 0.25) is 0 Å². The molecule has 3 nitrogen and oxygen atoms in total. The first-order valence-electron chi connectivity index (χ1n) is 8.54. The van der Waals surface area contributed by atoms with Crippen molar-refractivity contribution in [1.29, 1.82) is 0 Å². The standard InChI is InChI=1S/C19H22N2O/c1-12-16-11-21-9-7-13(16)10-18(21)19(22-12)15-6-8-20-17-5-3-2-4-14(15)17/h2-6,8,12-13,16,18-19H,7,9-11H2,1H3/t12-,13?,16?,18-,19+/m1/s1. The fourth-order valence-electron chi connectivity index (χ4n) is 5.03. The molecular formula is C19H22N2O. The zero-order valence-electron chi connectivity index (χ0n) is 13.0. The van der Waals surface area contributed by atoms with Crippen molar-refractivity contribution >= 4 is 10.9 Å². The molecule has 3 heteroatoms. The topological polar surface area (TPSA) is 25.4 Å². The number of rotatable bonds is 1. The molecule has 0 N–H and O–H groups in total. The van der Waals surface area contributed by atoms with Crippen LogP contribution in [0.1, 0.15) is 31.4 Å². The summed E-state index contributed by atoms with van der Waals surface area (Å²) in [7, 11) is 0. The van der Waals surface area contributed by atoms with E-state index in [4.69, 9.17) is 4.74 Å². The first-order valence-corrected chi connectivity index (χ1v) is 8.54. The number of hydrogen-bond acceptors (Lipinski definition) is 3. The van der Waals surface area contributed by atoms with Crippen molar-refractivity contribution in [2.24, 2.45) is 11.8 Å². The van der Waals surface area contributed by atoms with Gasteiger partial charge in [0.1, 0.15) is 0 Å². The minimum atomic E-state index is 0.193. The Morgan fingerprint density at radius 2 is 2.14 bits per heavy atom. The van der Waals surface area contributed by atoms with Crippen molar-refractivity contribution in [1.82, 2.24) is 9.88 Å². The zero-order valence-corrected chi connectivity index (χ0v) is 13.0. The highest BCUT2D eigenvalue weighted by Gasteiger charge is 2.49. The summed E-state index contributed by atoms with van der Waals surface area (Å²) in [6.07, 6.45) is 5.15. The number of benzene rings is 1. The molecule has 114 valence electrons. The van der Waals surface area contributed by atoms with Crippen LogP contribution in [0.3, 0.4) is 0 Å². The summed E-state index contributed by atoms with van der Waals surface area (Å²) < 4.78 is 6.60. The van der Waals surface area contributed by atoms with Gasteiger partial charge in [0.25, 0.3) is 0 Å². The Bertz CT molecular complexity index is 710. The fraction of sp³-hybridized carbons (Fsp3) is 0.526. The smallest absolute Gasteiger partial charge is 0.0990 e. The van der Waals surface area contributed by atoms with Crippen LogP contribution in [0.4, 0.5) is 0 Å². The number of pyridine rings is 1. The third-order valence-electron chi connectivity index (χ3n) is 6.15. The van der Waals surface area contributed by atoms with E-state index in [0.717, 1.165) is 17.4 Å². The van der Waals surface area contributed by atoms with Gasteiger partial charge < -0.3 is 4.74 Å². The second-order valence-corrected chi connectivity index (χ2v) is 7.19. The Morgan fingerprint density at radius 3 is 3.00 bits per heavy atom. The van der Waals surface area contributed by atoms with E-state index in [-0.39, 0.29) is 6.10 Å². The van der Waals surface area contributed by atoms with Crippen LogP contribution in [0.2, 0.25) is 0 Å². The maximum absolute atomic E-state index is 6.60. The van der Waals surface area contributed by atoms with E-state index in [1.165, 1.54) is 36.9 Å². The Morgan fingerprint density at radius 1 is 1.23 bits per heavy atom. The molecule has 5 fully saturated rings. The minimum Gasteiger partial charge on any atom is -0.369 e. The summed E-state index contributed by atoms with van der Waals surface area (Å²) in [4.78, 5) is 7.21. The fourth-order valence-corrected chi connectivity index (χ4v) is 5.03. The minimum absolute atomic E-state index is 0.193. The number of fused-ring (bicyclic) bond motifs is 4. The Kier molecular flexibility index (Phi) is 2.83. The van der Waals surface area contributed by atoms with Crippen LogP contribution in [0.15, 0.2) is 36.5 Å². The average molecular weight is 294 g/mol. The molecule has 3 unspecified atom stereocenters. The molecule has 7 rings (SSSR count). The van der Waals surface area contributed by atoms with Gasteiger partial charge in [-0.3, -0.25) is 9.88 Å². The van der Waals surface area contributed by atoms with Crippen LogP contribution >= 0.6 is 0 Å². The third-order valence-corrected chi connectivity index (χ3v) is 6.15. The van der Waals surface area contributed by atoms with Gasteiger partial charge in [-0.15, -0.1) is 0 Å². The highest BCUT2D eigenvalue weighted by molar-refractivity contribution is 5.82. The highest BCUT2D eigenvalue weighted by Crippen LogP contribution is 2.48. The molecule has 0 aliphatic carbocycles. The maximum atomic E-state index is 6.60. The summed E-state index contributed by atoms with van der Waals surface area (Å²) in [6.45, 7) is 4.77. The van der Waals surface area contributed by atoms with Gasteiger partial charge in [-0.05, 0) is 49.9 Å². The molecule has 2 aromatic rings. The lowest BCUT2D eigenvalue weighted by Crippen LogP contribution is -2.54. The predicted molar refractivity (Wildman–Crippen MR) is 86.6 cm³/mol. The lowest BCUT2D eigenvalue weighted by Gasteiger charge is -2.48. The molecule has 0 saturated carbocycles. The first-order chi connectivity index (χ1) is 10.8. The van der Waals surface area contributed by atoms with E-state index in [9.17, 15) is 0 Å². The lowest BCUT2D eigenvalue weighted by atomic mass is 9.73. The van der Waals surface area contributed by atoms with Crippen molar-refractivity contribution in [2.45, 2.75) is 38.0 Å². The van der Waals surface area contributed by atoms with Crippen LogP contribution < -0.4 is 0 Å². The summed E-state index contributed by atoms with van der Waals surface area (Å²) in [5.41, 5.74) is 2.41. The quantitative estimate of drug-likeness (QED) is 0.806. The monoisotopic (exact) mass is 294 g/mol. The summed E-state index contributed by atoms with van der Waals surface area (Å²) >= 11 is 0. The van der Waals surface area contributed by atoms with Gasteiger partial charge in [0.15, 0.2) is 0 Å². The number of ether oxygens (including phenoxy) is 1.